The molecule has 0 aromatic carbocycles. The van der Waals surface area contributed by atoms with Gasteiger partial charge in [0.15, 0.2) is 6.04 Å². The molecule has 4 aliphatic heterocycles. The molecule has 64 heavy (non-hydrogen) atoms. The smallest absolute Gasteiger partial charge is 0.248 e. The van der Waals surface area contributed by atoms with Crippen LogP contribution < -0.4 is 53.6 Å². The molecule has 4 rings (SSSR count). The molecule has 358 valence electrons. The standard InChI is InChI=1S/C38H61N11O13S2/c1-6-17(2)29(45-28(56)12-41-19(4)51)34(59)42-13-27(55)43-23-16-64(62)36-31(63-21-7-8-40-11-21)38(5,48-36)47-35(60)30(18(3)25(53)15-50)46-33(58)24-9-20(52)14-49(24)37(61)22(10-26(39)54)44-32(23)57/h17-18,20-25,29-30,40,48,50,52-53H,6-16H2,1-5H3,(H2,39,54)(H,41,51)(H,42,59)(H,43,55)(H,44,57)(H,45,56)(H,46,58)(H,47,60)/t17-,18-,20+,21+,22?,23-,24-,25-,29-,30-,38-,64?/m0/s1. The fraction of sp³-hybridized carbons (Fsp3) is 0.711. The van der Waals surface area contributed by atoms with Crippen molar-refractivity contribution in [3.05, 3.63) is 9.93 Å². The molecule has 0 aliphatic carbocycles. The van der Waals surface area contributed by atoms with E-state index in [2.05, 4.69) is 47.9 Å². The number of nitrogens with zero attached hydrogens (tertiary/aromatic N) is 1. The summed E-state index contributed by atoms with van der Waals surface area (Å²) < 4.78 is 14.3. The molecule has 9 amide bonds. The van der Waals surface area contributed by atoms with E-state index in [9.17, 15) is 63.0 Å². The van der Waals surface area contributed by atoms with Gasteiger partial charge in [-0.1, -0.05) is 27.2 Å². The summed E-state index contributed by atoms with van der Waals surface area (Å²) in [5.41, 5.74) is 4.06. The van der Waals surface area contributed by atoms with Crippen LogP contribution in [0.3, 0.4) is 0 Å². The van der Waals surface area contributed by atoms with Gasteiger partial charge in [0.2, 0.25) is 58.2 Å². The van der Waals surface area contributed by atoms with Gasteiger partial charge in [-0.25, -0.2) is 0 Å². The van der Waals surface area contributed by atoms with Crippen molar-refractivity contribution in [3.8, 4) is 0 Å². The third-order valence-electron chi connectivity index (χ3n) is 11.4. The van der Waals surface area contributed by atoms with Crippen LogP contribution in [0.2, 0.25) is 0 Å². The summed E-state index contributed by atoms with van der Waals surface area (Å²) in [5.74, 6) is -10.1. The molecule has 2 fully saturated rings. The maximum atomic E-state index is 14.3. The number of amides is 9. The van der Waals surface area contributed by atoms with Gasteiger partial charge in [0.1, 0.15) is 40.5 Å². The van der Waals surface area contributed by atoms with Crippen molar-refractivity contribution in [1.82, 2.24) is 52.8 Å². The Kier molecular flexibility index (Phi) is 18.6. The molecule has 4 aliphatic rings. The molecule has 0 aromatic heterocycles. The van der Waals surface area contributed by atoms with Gasteiger partial charge in [-0.05, 0) is 25.8 Å². The number of aliphatic hydroxyl groups is 3. The minimum atomic E-state index is -2.17. The van der Waals surface area contributed by atoms with Gasteiger partial charge in [0.25, 0.3) is 0 Å². The summed E-state index contributed by atoms with van der Waals surface area (Å²) in [6.07, 6.45) is -2.80. The number of hydrogen-bond donors (Lipinski definition) is 13. The van der Waals surface area contributed by atoms with E-state index in [0.29, 0.717) is 30.8 Å². The molecule has 0 aromatic rings. The summed E-state index contributed by atoms with van der Waals surface area (Å²) in [6.45, 7) is 6.49. The highest BCUT2D eigenvalue weighted by Gasteiger charge is 2.52. The Morgan fingerprint density at radius 2 is 1.72 bits per heavy atom. The average molecular weight is 944 g/mol. The highest BCUT2D eigenvalue weighted by atomic mass is 32.2. The Morgan fingerprint density at radius 3 is 2.33 bits per heavy atom. The third-order valence-corrected chi connectivity index (χ3v) is 14.5. The highest BCUT2D eigenvalue weighted by Crippen LogP contribution is 2.43. The largest absolute Gasteiger partial charge is 0.610 e. The summed E-state index contributed by atoms with van der Waals surface area (Å²) in [6, 6.07) is -7.64. The second-order valence-corrected chi connectivity index (χ2v) is 19.3. The first kappa shape index (κ1) is 51.9. The number of hydrogen-bond acceptors (Lipinski definition) is 16. The Bertz CT molecular complexity index is 1840. The number of rotatable bonds is 16. The molecule has 24 nitrogen and oxygen atoms in total. The lowest BCUT2D eigenvalue weighted by Gasteiger charge is -2.45. The molecule has 14 N–H and O–H groups in total. The highest BCUT2D eigenvalue weighted by molar-refractivity contribution is 8.05. The molecule has 26 heteroatoms. The van der Waals surface area contributed by atoms with E-state index in [0.717, 1.165) is 4.90 Å². The second kappa shape index (κ2) is 22.9. The second-order valence-electron chi connectivity index (χ2n) is 16.5. The first-order valence-electron chi connectivity index (χ1n) is 21.0. The van der Waals surface area contributed by atoms with E-state index in [-0.39, 0.29) is 16.7 Å². The third kappa shape index (κ3) is 13.4. The summed E-state index contributed by atoms with van der Waals surface area (Å²) in [5, 5.41) is 54.8. The Hall–Kier alpha value is -4.73. The van der Waals surface area contributed by atoms with Crippen LogP contribution in [-0.4, -0.2) is 176 Å². The topological polar surface area (TPSA) is 375 Å². The Balaban J connectivity index is 1.72. The predicted molar refractivity (Wildman–Crippen MR) is 230 cm³/mol. The SMILES string of the molecule is CC[C@H](C)[C@H](NC(=O)CNC(C)=O)C(=O)NCC(=O)N[C@H]1C[S+]([O-])C2=C(S[C@@H]3CCNC3)[C@@](C)(NC(=O)[C@H]([C@@H](C)[C@@H](O)CO)NC(=O)[C@@H]3C[C@@H](O)CN3C(=O)C(CC(N)=O)NC1=O)N2. The molecule has 0 spiro atoms. The number of nitrogens with two attached hydrogens (primary N) is 1. The molecule has 0 saturated carbocycles. The quantitative estimate of drug-likeness (QED) is 0.0640. The fourth-order valence-corrected chi connectivity index (χ4v) is 10.6. The zero-order valence-corrected chi connectivity index (χ0v) is 37.9. The molecule has 4 heterocycles. The molecular formula is C38H61N11O13S2. The van der Waals surface area contributed by atoms with Gasteiger partial charge in [0, 0.05) is 48.8 Å². The number of carbonyl (C=O) groups excluding carboxylic acids is 9. The van der Waals surface area contributed by atoms with E-state index >= 15 is 0 Å². The van der Waals surface area contributed by atoms with E-state index in [1.807, 2.05) is 0 Å². The van der Waals surface area contributed by atoms with E-state index in [1.54, 1.807) is 20.8 Å². The monoisotopic (exact) mass is 943 g/mol. The summed E-state index contributed by atoms with van der Waals surface area (Å²) in [4.78, 5) is 121. The van der Waals surface area contributed by atoms with Crippen LogP contribution in [0.15, 0.2) is 9.93 Å². The van der Waals surface area contributed by atoms with E-state index < -0.39 is 163 Å². The lowest BCUT2D eigenvalue weighted by atomic mass is 9.93. The number of primary amides is 1. The van der Waals surface area contributed by atoms with Crippen molar-refractivity contribution < 1.29 is 63.0 Å². The first-order chi connectivity index (χ1) is 30.1. The maximum Gasteiger partial charge on any atom is 0.248 e. The van der Waals surface area contributed by atoms with Gasteiger partial charge >= 0.3 is 0 Å². The van der Waals surface area contributed by atoms with Crippen molar-refractivity contribution in [2.75, 3.05) is 45.1 Å². The number of nitrogens with one attached hydrogen (secondary N) is 9. The molecule has 12 atom stereocenters. The van der Waals surface area contributed by atoms with Crippen molar-refractivity contribution in [2.45, 2.75) is 114 Å². The maximum absolute atomic E-state index is 14.3. The van der Waals surface area contributed by atoms with Gasteiger partial charge in [-0.2, -0.15) is 0 Å². The molecular weight excluding hydrogens is 883 g/mol. The minimum Gasteiger partial charge on any atom is -0.610 e. The zero-order valence-electron chi connectivity index (χ0n) is 36.3. The number of aliphatic hydroxyl groups excluding tert-OH is 3. The zero-order chi connectivity index (χ0) is 47.6. The van der Waals surface area contributed by atoms with Gasteiger partial charge in [-0.3, -0.25) is 43.2 Å². The van der Waals surface area contributed by atoms with Crippen LogP contribution in [0.5, 0.6) is 0 Å². The van der Waals surface area contributed by atoms with Gasteiger partial charge in [0.05, 0.1) is 38.3 Å². The minimum absolute atomic E-state index is 0.0581. The molecule has 2 unspecified atom stereocenters. The van der Waals surface area contributed by atoms with E-state index in [4.69, 9.17) is 5.73 Å². The lowest BCUT2D eigenvalue weighted by Crippen LogP contribution is -2.69. The van der Waals surface area contributed by atoms with E-state index in [1.165, 1.54) is 25.6 Å². The van der Waals surface area contributed by atoms with Crippen LogP contribution in [0, 0.1) is 11.8 Å². The number of fused-ring (bicyclic) bond motifs is 2. The summed E-state index contributed by atoms with van der Waals surface area (Å²) in [7, 11) is 0. The van der Waals surface area contributed by atoms with Crippen LogP contribution in [0.25, 0.3) is 0 Å². The Labute approximate surface area is 377 Å². The van der Waals surface area contributed by atoms with Crippen LogP contribution in [0.1, 0.15) is 60.3 Å². The fourth-order valence-electron chi connectivity index (χ4n) is 7.47. The first-order valence-corrected chi connectivity index (χ1v) is 23.2. The van der Waals surface area contributed by atoms with Crippen molar-refractivity contribution >= 4 is 76.1 Å². The van der Waals surface area contributed by atoms with Crippen molar-refractivity contribution in [1.29, 1.82) is 0 Å². The molecule has 2 bridgehead atoms. The van der Waals surface area contributed by atoms with Crippen molar-refractivity contribution in [2.24, 2.45) is 17.6 Å². The summed E-state index contributed by atoms with van der Waals surface area (Å²) >= 11 is -0.875. The average Bonchev–Trinajstić information content (AvgIpc) is 3.91. The molecule has 2 saturated heterocycles. The van der Waals surface area contributed by atoms with Crippen LogP contribution in [0.4, 0.5) is 0 Å². The van der Waals surface area contributed by atoms with Crippen molar-refractivity contribution in [3.63, 3.8) is 0 Å². The molecule has 0 radical (unpaired) electrons. The lowest BCUT2D eigenvalue weighted by molar-refractivity contribution is -0.144. The van der Waals surface area contributed by atoms with Gasteiger partial charge in [-0.15, -0.1) is 11.8 Å². The Morgan fingerprint density at radius 1 is 1.03 bits per heavy atom. The van der Waals surface area contributed by atoms with Gasteiger partial charge < -0.3 is 78.4 Å². The normalized spacial score (nSPS) is 29.5. The predicted octanol–water partition coefficient (Wildman–Crippen LogP) is -6.49. The van der Waals surface area contributed by atoms with Crippen LogP contribution >= 0.6 is 11.8 Å². The number of carbonyl (C=O) groups is 9. The van der Waals surface area contributed by atoms with Crippen LogP contribution in [-0.2, 0) is 54.3 Å². The number of thioether (sulfide) groups is 1.